The fourth-order valence-electron chi connectivity index (χ4n) is 2.28. The number of anilines is 1. The van der Waals surface area contributed by atoms with Gasteiger partial charge in [0.2, 0.25) is 0 Å². The summed E-state index contributed by atoms with van der Waals surface area (Å²) in [5.41, 5.74) is 1.59. The molecule has 0 radical (unpaired) electrons. The topological polar surface area (TPSA) is 83.4 Å². The van der Waals surface area contributed by atoms with E-state index in [2.05, 4.69) is 15.2 Å². The van der Waals surface area contributed by atoms with Gasteiger partial charge in [-0.15, -0.1) is 0 Å². The lowest BCUT2D eigenvalue weighted by molar-refractivity contribution is -0.136. The van der Waals surface area contributed by atoms with Crippen molar-refractivity contribution in [3.63, 3.8) is 0 Å². The standard InChI is InChI=1S/C16H21N3O3/c1-3-19-8-6-12-4-5-13(10-14(12)19)18-16(22)15(21)17-11(2)7-9-20/h4-6,8,10-11,20H,3,7,9H2,1-2H3,(H,17,21)(H,18,22)/t11-/m1/s1. The van der Waals surface area contributed by atoms with Crippen LogP contribution in [0.1, 0.15) is 20.3 Å². The van der Waals surface area contributed by atoms with Crippen LogP contribution in [0.4, 0.5) is 5.69 Å². The maximum Gasteiger partial charge on any atom is 0.313 e. The Kier molecular flexibility index (Phi) is 5.16. The van der Waals surface area contributed by atoms with Crippen LogP contribution in [0.2, 0.25) is 0 Å². The molecular formula is C16H21N3O3. The monoisotopic (exact) mass is 303 g/mol. The zero-order valence-corrected chi connectivity index (χ0v) is 12.8. The molecule has 0 bridgehead atoms. The number of aromatic nitrogens is 1. The van der Waals surface area contributed by atoms with Gasteiger partial charge in [-0.1, -0.05) is 6.07 Å². The number of rotatable bonds is 5. The number of carbonyl (C=O) groups excluding carboxylic acids is 2. The molecule has 0 aliphatic heterocycles. The Labute approximate surface area is 129 Å². The van der Waals surface area contributed by atoms with Crippen LogP contribution < -0.4 is 10.6 Å². The highest BCUT2D eigenvalue weighted by molar-refractivity contribution is 6.39. The second-order valence-corrected chi connectivity index (χ2v) is 5.22. The lowest BCUT2D eigenvalue weighted by Crippen LogP contribution is -2.40. The number of amides is 2. The molecule has 118 valence electrons. The first-order valence-electron chi connectivity index (χ1n) is 7.36. The highest BCUT2D eigenvalue weighted by atomic mass is 16.3. The molecule has 6 heteroatoms. The highest BCUT2D eigenvalue weighted by Crippen LogP contribution is 2.20. The van der Waals surface area contributed by atoms with Crippen molar-refractivity contribution in [3.8, 4) is 0 Å². The van der Waals surface area contributed by atoms with Crippen molar-refractivity contribution in [2.24, 2.45) is 0 Å². The van der Waals surface area contributed by atoms with Crippen LogP contribution in [0.5, 0.6) is 0 Å². The molecule has 0 spiro atoms. The highest BCUT2D eigenvalue weighted by Gasteiger charge is 2.16. The molecule has 1 atom stereocenters. The van der Waals surface area contributed by atoms with Crippen molar-refractivity contribution in [2.45, 2.75) is 32.9 Å². The van der Waals surface area contributed by atoms with Gasteiger partial charge in [0, 0.05) is 31.1 Å². The Hall–Kier alpha value is -2.34. The quantitative estimate of drug-likeness (QED) is 0.732. The van der Waals surface area contributed by atoms with Gasteiger partial charge >= 0.3 is 11.8 Å². The molecule has 6 nitrogen and oxygen atoms in total. The van der Waals surface area contributed by atoms with Gasteiger partial charge in [-0.05, 0) is 43.9 Å². The summed E-state index contributed by atoms with van der Waals surface area (Å²) in [5.74, 6) is -1.41. The SMILES string of the molecule is CCn1ccc2ccc(NC(=O)C(=O)N[C@H](C)CCO)cc21. The summed E-state index contributed by atoms with van der Waals surface area (Å²) in [6.07, 6.45) is 2.40. The summed E-state index contributed by atoms with van der Waals surface area (Å²) in [6.45, 7) is 4.58. The predicted molar refractivity (Wildman–Crippen MR) is 85.5 cm³/mol. The molecule has 2 aromatic rings. The van der Waals surface area contributed by atoms with E-state index in [4.69, 9.17) is 5.11 Å². The third-order valence-corrected chi connectivity index (χ3v) is 3.52. The summed E-state index contributed by atoms with van der Waals surface area (Å²) in [4.78, 5) is 23.6. The second-order valence-electron chi connectivity index (χ2n) is 5.22. The van der Waals surface area contributed by atoms with Gasteiger partial charge in [-0.3, -0.25) is 9.59 Å². The van der Waals surface area contributed by atoms with Crippen molar-refractivity contribution < 1.29 is 14.7 Å². The van der Waals surface area contributed by atoms with Gasteiger partial charge < -0.3 is 20.3 Å². The lowest BCUT2D eigenvalue weighted by atomic mass is 10.2. The van der Waals surface area contributed by atoms with E-state index in [9.17, 15) is 9.59 Å². The van der Waals surface area contributed by atoms with Crippen molar-refractivity contribution in [1.82, 2.24) is 9.88 Å². The minimum Gasteiger partial charge on any atom is -0.396 e. The maximum atomic E-state index is 11.9. The van der Waals surface area contributed by atoms with E-state index in [-0.39, 0.29) is 12.6 Å². The van der Waals surface area contributed by atoms with Crippen molar-refractivity contribution >= 4 is 28.4 Å². The number of benzene rings is 1. The van der Waals surface area contributed by atoms with E-state index in [0.29, 0.717) is 12.1 Å². The fourth-order valence-corrected chi connectivity index (χ4v) is 2.28. The molecule has 0 aliphatic carbocycles. The van der Waals surface area contributed by atoms with Gasteiger partial charge in [0.25, 0.3) is 0 Å². The molecule has 0 saturated carbocycles. The van der Waals surface area contributed by atoms with E-state index < -0.39 is 11.8 Å². The van der Waals surface area contributed by atoms with Gasteiger partial charge in [-0.2, -0.15) is 0 Å². The average Bonchev–Trinajstić information content (AvgIpc) is 2.89. The van der Waals surface area contributed by atoms with Crippen molar-refractivity contribution in [3.05, 3.63) is 30.5 Å². The van der Waals surface area contributed by atoms with Crippen molar-refractivity contribution in [2.75, 3.05) is 11.9 Å². The molecule has 2 rings (SSSR count). The molecule has 1 heterocycles. The molecule has 1 aromatic heterocycles. The minimum atomic E-state index is -0.709. The molecule has 0 saturated heterocycles. The molecule has 0 unspecified atom stereocenters. The second kappa shape index (κ2) is 7.09. The smallest absolute Gasteiger partial charge is 0.313 e. The number of fused-ring (bicyclic) bond motifs is 1. The molecule has 3 N–H and O–H groups in total. The summed E-state index contributed by atoms with van der Waals surface area (Å²) >= 11 is 0. The third-order valence-electron chi connectivity index (χ3n) is 3.52. The van der Waals surface area contributed by atoms with E-state index in [1.54, 1.807) is 13.0 Å². The Morgan fingerprint density at radius 1 is 1.27 bits per heavy atom. The summed E-state index contributed by atoms with van der Waals surface area (Å²) in [7, 11) is 0. The van der Waals surface area contributed by atoms with E-state index in [1.807, 2.05) is 31.3 Å². The summed E-state index contributed by atoms with van der Waals surface area (Å²) < 4.78 is 2.06. The number of carbonyl (C=O) groups is 2. The van der Waals surface area contributed by atoms with Crippen LogP contribution in [0.3, 0.4) is 0 Å². The first-order valence-corrected chi connectivity index (χ1v) is 7.36. The Balaban J connectivity index is 2.06. The Morgan fingerprint density at radius 2 is 2.05 bits per heavy atom. The predicted octanol–water partition coefficient (Wildman–Crippen LogP) is 1.49. The van der Waals surface area contributed by atoms with Gasteiger partial charge in [0.1, 0.15) is 0 Å². The molecule has 2 amide bonds. The summed E-state index contributed by atoms with van der Waals surface area (Å²) in [6, 6.07) is 7.28. The molecule has 22 heavy (non-hydrogen) atoms. The van der Waals surface area contributed by atoms with Crippen LogP contribution in [-0.2, 0) is 16.1 Å². The van der Waals surface area contributed by atoms with Crippen LogP contribution >= 0.6 is 0 Å². The molecular weight excluding hydrogens is 282 g/mol. The third kappa shape index (κ3) is 3.65. The van der Waals surface area contributed by atoms with Crippen LogP contribution in [0.15, 0.2) is 30.5 Å². The average molecular weight is 303 g/mol. The molecule has 0 aliphatic rings. The fraction of sp³-hybridized carbons (Fsp3) is 0.375. The van der Waals surface area contributed by atoms with E-state index in [1.165, 1.54) is 0 Å². The number of aliphatic hydroxyl groups excluding tert-OH is 1. The largest absolute Gasteiger partial charge is 0.396 e. The van der Waals surface area contributed by atoms with Gasteiger partial charge in [-0.25, -0.2) is 0 Å². The number of nitrogens with zero attached hydrogens (tertiary/aromatic N) is 1. The normalized spacial score (nSPS) is 12.1. The maximum absolute atomic E-state index is 11.9. The number of nitrogens with one attached hydrogen (secondary N) is 2. The first kappa shape index (κ1) is 16.0. The van der Waals surface area contributed by atoms with Crippen molar-refractivity contribution in [1.29, 1.82) is 0 Å². The van der Waals surface area contributed by atoms with Crippen LogP contribution in [-0.4, -0.2) is 34.1 Å². The molecule has 0 fully saturated rings. The zero-order valence-electron chi connectivity index (χ0n) is 12.8. The van der Waals surface area contributed by atoms with Gasteiger partial charge in [0.05, 0.1) is 5.52 Å². The lowest BCUT2D eigenvalue weighted by Gasteiger charge is -2.12. The number of hydrogen-bond donors (Lipinski definition) is 3. The van der Waals surface area contributed by atoms with Crippen LogP contribution in [0, 0.1) is 0 Å². The van der Waals surface area contributed by atoms with Crippen LogP contribution in [0.25, 0.3) is 10.9 Å². The summed E-state index contributed by atoms with van der Waals surface area (Å²) in [5, 5.41) is 15.0. The number of hydrogen-bond acceptors (Lipinski definition) is 3. The number of aryl methyl sites for hydroxylation is 1. The van der Waals surface area contributed by atoms with E-state index >= 15 is 0 Å². The minimum absolute atomic E-state index is 0.0340. The first-order chi connectivity index (χ1) is 10.5. The molecule has 1 aromatic carbocycles. The Morgan fingerprint density at radius 3 is 2.73 bits per heavy atom. The number of aliphatic hydroxyl groups is 1. The van der Waals surface area contributed by atoms with E-state index in [0.717, 1.165) is 17.4 Å². The van der Waals surface area contributed by atoms with Gasteiger partial charge in [0.15, 0.2) is 0 Å². The zero-order chi connectivity index (χ0) is 16.1. The Bertz CT molecular complexity index is 678.